The van der Waals surface area contributed by atoms with Gasteiger partial charge in [-0.3, -0.25) is 4.79 Å². The van der Waals surface area contributed by atoms with E-state index in [0.29, 0.717) is 16.9 Å². The molecule has 1 rings (SSSR count). The standard InChI is InChI=1S/C13H17BrFNO2/c1-3-10(14)6-7-16-13(17)9-4-5-11(15)12(8-9)18-2/h4-5,8,10H,3,6-7H2,1-2H3,(H,16,17). The first-order chi connectivity index (χ1) is 8.58. The first-order valence-electron chi connectivity index (χ1n) is 5.84. The molecule has 0 spiro atoms. The maximum Gasteiger partial charge on any atom is 0.251 e. The predicted molar refractivity (Wildman–Crippen MR) is 72.9 cm³/mol. The van der Waals surface area contributed by atoms with Crippen LogP contribution < -0.4 is 10.1 Å². The zero-order chi connectivity index (χ0) is 13.5. The van der Waals surface area contributed by atoms with Crippen LogP contribution in [0.25, 0.3) is 0 Å². The Labute approximate surface area is 115 Å². The predicted octanol–water partition coefficient (Wildman–Crippen LogP) is 3.13. The lowest BCUT2D eigenvalue weighted by atomic mass is 10.2. The molecule has 0 bridgehead atoms. The van der Waals surface area contributed by atoms with Crippen LogP contribution in [-0.4, -0.2) is 24.4 Å². The lowest BCUT2D eigenvalue weighted by Crippen LogP contribution is -2.26. The molecule has 0 saturated heterocycles. The molecule has 0 aliphatic rings. The average molecular weight is 318 g/mol. The Kier molecular flexibility index (Phi) is 6.12. The van der Waals surface area contributed by atoms with Gasteiger partial charge in [-0.25, -0.2) is 4.39 Å². The van der Waals surface area contributed by atoms with E-state index in [0.717, 1.165) is 12.8 Å². The van der Waals surface area contributed by atoms with Gasteiger partial charge in [0.15, 0.2) is 11.6 Å². The number of amides is 1. The third kappa shape index (κ3) is 4.29. The zero-order valence-electron chi connectivity index (χ0n) is 10.5. The fourth-order valence-electron chi connectivity index (χ4n) is 1.45. The molecule has 1 aromatic carbocycles. The molecular formula is C13H17BrFNO2. The summed E-state index contributed by atoms with van der Waals surface area (Å²) in [7, 11) is 1.37. The van der Waals surface area contributed by atoms with E-state index in [9.17, 15) is 9.18 Å². The highest BCUT2D eigenvalue weighted by Crippen LogP contribution is 2.18. The molecule has 1 aromatic rings. The molecule has 0 aromatic heterocycles. The number of ether oxygens (including phenoxy) is 1. The van der Waals surface area contributed by atoms with E-state index in [2.05, 4.69) is 28.2 Å². The van der Waals surface area contributed by atoms with Crippen molar-refractivity contribution in [1.29, 1.82) is 0 Å². The molecule has 0 saturated carbocycles. The molecule has 1 amide bonds. The summed E-state index contributed by atoms with van der Waals surface area (Å²) in [5.41, 5.74) is 0.399. The number of halogens is 2. The number of carbonyl (C=O) groups is 1. The first kappa shape index (κ1) is 15.0. The number of methoxy groups -OCH3 is 1. The highest BCUT2D eigenvalue weighted by atomic mass is 79.9. The third-order valence-corrected chi connectivity index (χ3v) is 3.70. The highest BCUT2D eigenvalue weighted by molar-refractivity contribution is 9.09. The summed E-state index contributed by atoms with van der Waals surface area (Å²) in [5, 5.41) is 2.79. The Balaban J connectivity index is 2.56. The number of carbonyl (C=O) groups excluding carboxylic acids is 1. The maximum atomic E-state index is 13.2. The Hall–Kier alpha value is -1.10. The number of alkyl halides is 1. The Morgan fingerprint density at radius 3 is 2.89 bits per heavy atom. The van der Waals surface area contributed by atoms with Gasteiger partial charge in [0.25, 0.3) is 5.91 Å². The monoisotopic (exact) mass is 317 g/mol. The first-order valence-corrected chi connectivity index (χ1v) is 6.75. The van der Waals surface area contributed by atoms with Crippen molar-refractivity contribution in [2.24, 2.45) is 0 Å². The Morgan fingerprint density at radius 2 is 2.28 bits per heavy atom. The van der Waals surface area contributed by atoms with Gasteiger partial charge in [-0.2, -0.15) is 0 Å². The summed E-state index contributed by atoms with van der Waals surface area (Å²) in [6.07, 6.45) is 1.88. The summed E-state index contributed by atoms with van der Waals surface area (Å²) >= 11 is 3.49. The van der Waals surface area contributed by atoms with E-state index in [1.807, 2.05) is 0 Å². The van der Waals surface area contributed by atoms with Crippen LogP contribution in [-0.2, 0) is 0 Å². The van der Waals surface area contributed by atoms with Crippen molar-refractivity contribution in [3.63, 3.8) is 0 Å². The number of benzene rings is 1. The summed E-state index contributed by atoms with van der Waals surface area (Å²) in [6.45, 7) is 2.66. The SMILES string of the molecule is CCC(Br)CCNC(=O)c1ccc(F)c(OC)c1. The van der Waals surface area contributed by atoms with Crippen molar-refractivity contribution in [3.8, 4) is 5.75 Å². The molecule has 0 aliphatic carbocycles. The molecule has 1 atom stereocenters. The molecule has 18 heavy (non-hydrogen) atoms. The van der Waals surface area contributed by atoms with Gasteiger partial charge in [-0.15, -0.1) is 0 Å². The fourth-order valence-corrected chi connectivity index (χ4v) is 1.68. The van der Waals surface area contributed by atoms with E-state index in [1.165, 1.54) is 25.3 Å². The second kappa shape index (κ2) is 7.36. The van der Waals surface area contributed by atoms with Crippen molar-refractivity contribution < 1.29 is 13.9 Å². The van der Waals surface area contributed by atoms with E-state index in [4.69, 9.17) is 4.74 Å². The van der Waals surface area contributed by atoms with Gasteiger partial charge >= 0.3 is 0 Å². The molecule has 0 heterocycles. The highest BCUT2D eigenvalue weighted by Gasteiger charge is 2.10. The lowest BCUT2D eigenvalue weighted by Gasteiger charge is -2.09. The van der Waals surface area contributed by atoms with Crippen LogP contribution in [0.5, 0.6) is 5.75 Å². The van der Waals surface area contributed by atoms with Crippen molar-refractivity contribution in [3.05, 3.63) is 29.6 Å². The molecule has 0 radical (unpaired) electrons. The molecular weight excluding hydrogens is 301 g/mol. The number of nitrogens with one attached hydrogen (secondary N) is 1. The van der Waals surface area contributed by atoms with Crippen LogP contribution in [0.15, 0.2) is 18.2 Å². The van der Waals surface area contributed by atoms with Gasteiger partial charge in [0.05, 0.1) is 7.11 Å². The largest absolute Gasteiger partial charge is 0.494 e. The average Bonchev–Trinajstić information content (AvgIpc) is 2.38. The van der Waals surface area contributed by atoms with Gasteiger partial charge < -0.3 is 10.1 Å². The molecule has 100 valence electrons. The van der Waals surface area contributed by atoms with Crippen LogP contribution in [0.2, 0.25) is 0 Å². The van der Waals surface area contributed by atoms with Crippen LogP contribution in [0.1, 0.15) is 30.1 Å². The molecule has 1 unspecified atom stereocenters. The normalized spacial score (nSPS) is 12.0. The zero-order valence-corrected chi connectivity index (χ0v) is 12.1. The molecule has 3 nitrogen and oxygen atoms in total. The summed E-state index contributed by atoms with van der Waals surface area (Å²) in [6, 6.07) is 4.07. The van der Waals surface area contributed by atoms with Crippen molar-refractivity contribution >= 4 is 21.8 Å². The van der Waals surface area contributed by atoms with Crippen LogP contribution in [0.3, 0.4) is 0 Å². The van der Waals surface area contributed by atoms with Crippen molar-refractivity contribution in [2.45, 2.75) is 24.6 Å². The van der Waals surface area contributed by atoms with E-state index in [1.54, 1.807) is 0 Å². The minimum Gasteiger partial charge on any atom is -0.494 e. The Bertz CT molecular complexity index is 412. The Morgan fingerprint density at radius 1 is 1.56 bits per heavy atom. The summed E-state index contributed by atoms with van der Waals surface area (Å²) in [5.74, 6) is -0.612. The number of rotatable bonds is 6. The van der Waals surface area contributed by atoms with E-state index in [-0.39, 0.29) is 11.7 Å². The maximum absolute atomic E-state index is 13.2. The minimum atomic E-state index is -0.472. The summed E-state index contributed by atoms with van der Waals surface area (Å²) in [4.78, 5) is 12.2. The van der Waals surface area contributed by atoms with Gasteiger partial charge in [-0.05, 0) is 31.0 Å². The van der Waals surface area contributed by atoms with Crippen LogP contribution in [0.4, 0.5) is 4.39 Å². The van der Waals surface area contributed by atoms with Gasteiger partial charge in [-0.1, -0.05) is 22.9 Å². The molecule has 1 N–H and O–H groups in total. The van der Waals surface area contributed by atoms with Gasteiger partial charge in [0.1, 0.15) is 0 Å². The minimum absolute atomic E-state index is 0.0783. The van der Waals surface area contributed by atoms with Crippen molar-refractivity contribution in [1.82, 2.24) is 5.32 Å². The summed E-state index contributed by atoms with van der Waals surface area (Å²) < 4.78 is 18.0. The van der Waals surface area contributed by atoms with Gasteiger partial charge in [0.2, 0.25) is 0 Å². The number of hydrogen-bond acceptors (Lipinski definition) is 2. The fraction of sp³-hybridized carbons (Fsp3) is 0.462. The lowest BCUT2D eigenvalue weighted by molar-refractivity contribution is 0.0953. The molecule has 0 fully saturated rings. The quantitative estimate of drug-likeness (QED) is 0.819. The second-order valence-electron chi connectivity index (χ2n) is 3.90. The topological polar surface area (TPSA) is 38.3 Å². The third-order valence-electron chi connectivity index (χ3n) is 2.60. The van der Waals surface area contributed by atoms with E-state index < -0.39 is 5.82 Å². The van der Waals surface area contributed by atoms with Crippen LogP contribution in [0, 0.1) is 5.82 Å². The van der Waals surface area contributed by atoms with E-state index >= 15 is 0 Å². The van der Waals surface area contributed by atoms with Crippen LogP contribution >= 0.6 is 15.9 Å². The smallest absolute Gasteiger partial charge is 0.251 e. The second-order valence-corrected chi connectivity index (χ2v) is 5.19. The molecule has 0 aliphatic heterocycles. The van der Waals surface area contributed by atoms with Gasteiger partial charge in [0, 0.05) is 16.9 Å². The van der Waals surface area contributed by atoms with Crippen molar-refractivity contribution in [2.75, 3.05) is 13.7 Å². The molecule has 5 heteroatoms. The number of hydrogen-bond donors (Lipinski definition) is 1.